The van der Waals surface area contributed by atoms with E-state index in [-0.39, 0.29) is 0 Å². The van der Waals surface area contributed by atoms with Gasteiger partial charge in [0.2, 0.25) is 0 Å². The largest absolute Gasteiger partial charge is 0.220 e. The lowest BCUT2D eigenvalue weighted by atomic mass is 10.2. The van der Waals surface area contributed by atoms with Crippen molar-refractivity contribution in [2.24, 2.45) is 0 Å². The van der Waals surface area contributed by atoms with Crippen LogP contribution in [0.25, 0.3) is 17.0 Å². The smallest absolute Gasteiger partial charge is 0.182 e. The maximum absolute atomic E-state index is 8.85. The van der Waals surface area contributed by atoms with Crippen LogP contribution in [0.3, 0.4) is 0 Å². The molecular weight excluding hydrogens is 283 g/mol. The summed E-state index contributed by atoms with van der Waals surface area (Å²) in [6.07, 6.45) is 1.69. The molecule has 0 saturated heterocycles. The van der Waals surface area contributed by atoms with Gasteiger partial charge in [-0.3, -0.25) is 0 Å². The van der Waals surface area contributed by atoms with Gasteiger partial charge in [-0.25, -0.2) is 9.50 Å². The Bertz CT molecular complexity index is 797. The first-order chi connectivity index (χ1) is 9.15. The molecule has 3 rings (SSSR count). The second-order valence-corrected chi connectivity index (χ2v) is 4.80. The van der Waals surface area contributed by atoms with E-state index in [0.717, 1.165) is 5.56 Å². The minimum atomic E-state index is 0.513. The SMILES string of the molecule is N#Cc1ccn2nc(-c3cc(Cl)cc(Cl)c3)nc2c1. The minimum absolute atomic E-state index is 0.513. The molecule has 0 radical (unpaired) electrons. The molecule has 0 atom stereocenters. The van der Waals surface area contributed by atoms with Crippen LogP contribution in [0.1, 0.15) is 5.56 Å². The van der Waals surface area contributed by atoms with Gasteiger partial charge >= 0.3 is 0 Å². The van der Waals surface area contributed by atoms with Crippen LogP contribution in [0.5, 0.6) is 0 Å². The molecule has 2 heterocycles. The number of fused-ring (bicyclic) bond motifs is 1. The van der Waals surface area contributed by atoms with Gasteiger partial charge in [0.15, 0.2) is 11.5 Å². The highest BCUT2D eigenvalue weighted by Gasteiger charge is 2.08. The van der Waals surface area contributed by atoms with Gasteiger partial charge in [0.05, 0.1) is 11.6 Å². The number of rotatable bonds is 1. The average molecular weight is 289 g/mol. The van der Waals surface area contributed by atoms with E-state index < -0.39 is 0 Å². The Morgan fingerprint density at radius 2 is 1.84 bits per heavy atom. The highest BCUT2D eigenvalue weighted by atomic mass is 35.5. The van der Waals surface area contributed by atoms with Gasteiger partial charge in [0.1, 0.15) is 0 Å². The molecular formula is C13H6Cl2N4. The Hall–Kier alpha value is -2.09. The lowest BCUT2D eigenvalue weighted by molar-refractivity contribution is 0.964. The molecule has 0 aliphatic heterocycles. The molecule has 2 aromatic heterocycles. The Morgan fingerprint density at radius 1 is 1.11 bits per heavy atom. The fraction of sp³-hybridized carbons (Fsp3) is 0. The molecule has 3 aromatic rings. The normalized spacial score (nSPS) is 10.6. The molecule has 0 N–H and O–H groups in total. The maximum atomic E-state index is 8.85. The molecule has 0 unspecified atom stereocenters. The zero-order valence-electron chi connectivity index (χ0n) is 9.51. The van der Waals surface area contributed by atoms with Crippen LogP contribution in [0.2, 0.25) is 10.0 Å². The fourth-order valence-electron chi connectivity index (χ4n) is 1.76. The number of nitriles is 1. The van der Waals surface area contributed by atoms with Gasteiger partial charge in [0.25, 0.3) is 0 Å². The second-order valence-electron chi connectivity index (χ2n) is 3.92. The number of hydrogen-bond acceptors (Lipinski definition) is 3. The van der Waals surface area contributed by atoms with E-state index in [4.69, 9.17) is 28.5 Å². The number of nitrogens with zero attached hydrogens (tertiary/aromatic N) is 4. The summed E-state index contributed by atoms with van der Waals surface area (Å²) in [6.45, 7) is 0. The van der Waals surface area contributed by atoms with Crippen molar-refractivity contribution in [2.45, 2.75) is 0 Å². The van der Waals surface area contributed by atoms with Gasteiger partial charge in [-0.15, -0.1) is 5.10 Å². The molecule has 92 valence electrons. The first-order valence-corrected chi connectivity index (χ1v) is 6.14. The summed E-state index contributed by atoms with van der Waals surface area (Å²) in [7, 11) is 0. The fourth-order valence-corrected chi connectivity index (χ4v) is 2.28. The number of benzene rings is 1. The summed E-state index contributed by atoms with van der Waals surface area (Å²) in [5.41, 5.74) is 1.88. The van der Waals surface area contributed by atoms with E-state index in [1.807, 2.05) is 0 Å². The van der Waals surface area contributed by atoms with Crippen molar-refractivity contribution < 1.29 is 0 Å². The molecule has 4 nitrogen and oxygen atoms in total. The standard InChI is InChI=1S/C13H6Cl2N4/c14-10-4-9(5-11(15)6-10)13-17-12-3-8(7-16)1-2-19(12)18-13/h1-6H. The van der Waals surface area contributed by atoms with Crippen molar-refractivity contribution >= 4 is 28.8 Å². The topological polar surface area (TPSA) is 54.0 Å². The summed E-state index contributed by atoms with van der Waals surface area (Å²) < 4.78 is 1.60. The summed E-state index contributed by atoms with van der Waals surface area (Å²) in [6, 6.07) is 10.5. The lowest BCUT2D eigenvalue weighted by Gasteiger charge is -1.97. The number of hydrogen-bond donors (Lipinski definition) is 0. The van der Waals surface area contributed by atoms with E-state index >= 15 is 0 Å². The number of halogens is 2. The lowest BCUT2D eigenvalue weighted by Crippen LogP contribution is -1.87. The molecule has 0 aliphatic carbocycles. The monoisotopic (exact) mass is 288 g/mol. The first kappa shape index (κ1) is 12.0. The van der Waals surface area contributed by atoms with Crippen LogP contribution in [-0.2, 0) is 0 Å². The summed E-state index contributed by atoms with van der Waals surface area (Å²) in [5, 5.41) is 14.2. The highest BCUT2D eigenvalue weighted by Crippen LogP contribution is 2.25. The zero-order valence-corrected chi connectivity index (χ0v) is 11.0. The molecule has 0 fully saturated rings. The molecule has 0 saturated carbocycles. The molecule has 1 aromatic carbocycles. The van der Waals surface area contributed by atoms with Gasteiger partial charge in [-0.2, -0.15) is 5.26 Å². The average Bonchev–Trinajstić information content (AvgIpc) is 2.80. The summed E-state index contributed by atoms with van der Waals surface area (Å²) >= 11 is 11.9. The maximum Gasteiger partial charge on any atom is 0.182 e. The Morgan fingerprint density at radius 3 is 2.53 bits per heavy atom. The molecule has 0 amide bonds. The van der Waals surface area contributed by atoms with Crippen molar-refractivity contribution in [1.29, 1.82) is 5.26 Å². The molecule has 6 heteroatoms. The highest BCUT2D eigenvalue weighted by molar-refractivity contribution is 6.35. The quantitative estimate of drug-likeness (QED) is 0.688. The predicted octanol–water partition coefficient (Wildman–Crippen LogP) is 3.57. The summed E-state index contributed by atoms with van der Waals surface area (Å²) in [4.78, 5) is 4.36. The van der Waals surface area contributed by atoms with Gasteiger partial charge in [-0.1, -0.05) is 23.2 Å². The molecule has 0 aliphatic rings. The van der Waals surface area contributed by atoms with Crippen molar-refractivity contribution in [3.05, 3.63) is 52.1 Å². The number of aromatic nitrogens is 3. The van der Waals surface area contributed by atoms with Crippen LogP contribution in [0.4, 0.5) is 0 Å². The van der Waals surface area contributed by atoms with Crippen molar-refractivity contribution in [3.8, 4) is 17.5 Å². The van der Waals surface area contributed by atoms with Crippen LogP contribution in [0, 0.1) is 11.3 Å². The Kier molecular flexibility index (Phi) is 2.86. The Balaban J connectivity index is 2.18. The van der Waals surface area contributed by atoms with Crippen molar-refractivity contribution in [2.75, 3.05) is 0 Å². The van der Waals surface area contributed by atoms with Crippen LogP contribution >= 0.6 is 23.2 Å². The van der Waals surface area contributed by atoms with Gasteiger partial charge in [-0.05, 0) is 24.3 Å². The van der Waals surface area contributed by atoms with E-state index in [1.165, 1.54) is 0 Å². The third-order valence-corrected chi connectivity index (χ3v) is 3.02. The Labute approximate surface area is 118 Å². The first-order valence-electron chi connectivity index (χ1n) is 5.39. The molecule has 19 heavy (non-hydrogen) atoms. The third-order valence-electron chi connectivity index (χ3n) is 2.59. The summed E-state index contributed by atoms with van der Waals surface area (Å²) in [5.74, 6) is 0.513. The third kappa shape index (κ3) is 2.26. The van der Waals surface area contributed by atoms with Crippen molar-refractivity contribution in [1.82, 2.24) is 14.6 Å². The van der Waals surface area contributed by atoms with E-state index in [1.54, 1.807) is 41.0 Å². The van der Waals surface area contributed by atoms with Gasteiger partial charge < -0.3 is 0 Å². The van der Waals surface area contributed by atoms with Crippen molar-refractivity contribution in [3.63, 3.8) is 0 Å². The minimum Gasteiger partial charge on any atom is -0.220 e. The number of pyridine rings is 1. The van der Waals surface area contributed by atoms with E-state index in [0.29, 0.717) is 27.1 Å². The molecule has 0 spiro atoms. The molecule has 0 bridgehead atoms. The predicted molar refractivity (Wildman–Crippen MR) is 73.2 cm³/mol. The van der Waals surface area contributed by atoms with Crippen LogP contribution in [-0.4, -0.2) is 14.6 Å². The van der Waals surface area contributed by atoms with E-state index in [9.17, 15) is 0 Å². The zero-order chi connectivity index (χ0) is 13.4. The van der Waals surface area contributed by atoms with E-state index in [2.05, 4.69) is 16.2 Å². The second kappa shape index (κ2) is 4.54. The van der Waals surface area contributed by atoms with Crippen LogP contribution < -0.4 is 0 Å². The van der Waals surface area contributed by atoms with Crippen LogP contribution in [0.15, 0.2) is 36.5 Å². The van der Waals surface area contributed by atoms with Gasteiger partial charge in [0, 0.05) is 27.9 Å².